The Kier molecular flexibility index (Phi) is 4.78. The van der Waals surface area contributed by atoms with E-state index in [4.69, 9.17) is 9.15 Å². The van der Waals surface area contributed by atoms with Crippen molar-refractivity contribution >= 4 is 0 Å². The Labute approximate surface area is 91.0 Å². The minimum absolute atomic E-state index is 0.414. The third-order valence-electron chi connectivity index (χ3n) is 2.43. The van der Waals surface area contributed by atoms with Gasteiger partial charge in [0.1, 0.15) is 5.76 Å². The summed E-state index contributed by atoms with van der Waals surface area (Å²) in [6.45, 7) is 7.47. The van der Waals surface area contributed by atoms with Crippen LogP contribution in [0.2, 0.25) is 0 Å². The van der Waals surface area contributed by atoms with Gasteiger partial charge in [-0.3, -0.25) is 0 Å². The zero-order valence-electron chi connectivity index (χ0n) is 9.96. The number of aryl methyl sites for hydroxylation is 2. The van der Waals surface area contributed by atoms with Crippen LogP contribution in [0.25, 0.3) is 0 Å². The Hall–Kier alpha value is -0.870. The largest absolute Gasteiger partial charge is 0.444 e. The fourth-order valence-electron chi connectivity index (χ4n) is 1.27. The Morgan fingerprint density at radius 1 is 1.47 bits per heavy atom. The van der Waals surface area contributed by atoms with E-state index in [1.807, 2.05) is 13.8 Å². The van der Waals surface area contributed by atoms with Crippen molar-refractivity contribution in [3.8, 4) is 0 Å². The molecule has 1 aromatic heterocycles. The highest BCUT2D eigenvalue weighted by molar-refractivity contribution is 5.05. The summed E-state index contributed by atoms with van der Waals surface area (Å²) in [5.41, 5.74) is 0.969. The third-order valence-corrected chi connectivity index (χ3v) is 2.43. The lowest BCUT2D eigenvalue weighted by Crippen LogP contribution is -2.26. The molecule has 4 nitrogen and oxygen atoms in total. The van der Waals surface area contributed by atoms with Crippen molar-refractivity contribution in [2.75, 3.05) is 13.7 Å². The summed E-state index contributed by atoms with van der Waals surface area (Å²) >= 11 is 0. The molecular weight excluding hydrogens is 192 g/mol. The molecule has 0 aliphatic heterocycles. The van der Waals surface area contributed by atoms with E-state index in [-0.39, 0.29) is 0 Å². The smallest absolute Gasteiger partial charge is 0.208 e. The monoisotopic (exact) mass is 212 g/mol. The van der Waals surface area contributed by atoms with E-state index in [0.717, 1.165) is 30.4 Å². The molecule has 0 fully saturated rings. The molecule has 0 saturated heterocycles. The molecule has 4 heteroatoms. The molecular formula is C11H20N2O2. The van der Waals surface area contributed by atoms with Crippen LogP contribution in [-0.4, -0.2) is 24.7 Å². The van der Waals surface area contributed by atoms with Gasteiger partial charge in [0.2, 0.25) is 5.89 Å². The Balaban J connectivity index is 2.30. The van der Waals surface area contributed by atoms with Gasteiger partial charge < -0.3 is 14.5 Å². The van der Waals surface area contributed by atoms with Gasteiger partial charge in [-0.15, -0.1) is 0 Å². The molecule has 0 saturated carbocycles. The lowest BCUT2D eigenvalue weighted by molar-refractivity contribution is 0.184. The topological polar surface area (TPSA) is 47.3 Å². The number of hydrogen-bond donors (Lipinski definition) is 1. The van der Waals surface area contributed by atoms with Crippen LogP contribution in [0, 0.1) is 13.8 Å². The first-order chi connectivity index (χ1) is 7.13. The molecule has 1 atom stereocenters. The highest BCUT2D eigenvalue weighted by atomic mass is 16.5. The number of hydrogen-bond acceptors (Lipinski definition) is 4. The average molecular weight is 212 g/mol. The van der Waals surface area contributed by atoms with Gasteiger partial charge >= 0.3 is 0 Å². The molecule has 0 aliphatic rings. The van der Waals surface area contributed by atoms with E-state index in [0.29, 0.717) is 12.6 Å². The molecule has 1 unspecified atom stereocenters. The van der Waals surface area contributed by atoms with Gasteiger partial charge in [-0.05, 0) is 27.2 Å². The molecule has 0 aliphatic carbocycles. The maximum atomic E-state index is 5.46. The molecule has 1 N–H and O–H groups in total. The van der Waals surface area contributed by atoms with Crippen molar-refractivity contribution in [2.45, 2.75) is 39.8 Å². The van der Waals surface area contributed by atoms with Crippen LogP contribution in [0.5, 0.6) is 0 Å². The summed E-state index contributed by atoms with van der Waals surface area (Å²) in [6, 6.07) is 0.414. The van der Waals surface area contributed by atoms with E-state index >= 15 is 0 Å². The zero-order valence-corrected chi connectivity index (χ0v) is 9.96. The van der Waals surface area contributed by atoms with Gasteiger partial charge in [0.05, 0.1) is 12.2 Å². The Morgan fingerprint density at radius 2 is 2.20 bits per heavy atom. The van der Waals surface area contributed by atoms with Crippen LogP contribution < -0.4 is 5.32 Å². The van der Waals surface area contributed by atoms with E-state index in [1.54, 1.807) is 7.11 Å². The SMILES string of the molecule is COCCC(C)NCc1nc(C)c(C)o1. The zero-order chi connectivity index (χ0) is 11.3. The minimum Gasteiger partial charge on any atom is -0.444 e. The molecule has 0 spiro atoms. The van der Waals surface area contributed by atoms with Gasteiger partial charge in [0.25, 0.3) is 0 Å². The quantitative estimate of drug-likeness (QED) is 0.781. The number of nitrogens with zero attached hydrogens (tertiary/aromatic N) is 1. The van der Waals surface area contributed by atoms with Gasteiger partial charge in [-0.1, -0.05) is 0 Å². The molecule has 1 rings (SSSR count). The van der Waals surface area contributed by atoms with Crippen molar-refractivity contribution in [2.24, 2.45) is 0 Å². The molecule has 15 heavy (non-hydrogen) atoms. The van der Waals surface area contributed by atoms with Crippen LogP contribution in [-0.2, 0) is 11.3 Å². The molecule has 86 valence electrons. The van der Waals surface area contributed by atoms with Gasteiger partial charge in [-0.2, -0.15) is 0 Å². The van der Waals surface area contributed by atoms with Gasteiger partial charge in [0, 0.05) is 19.8 Å². The first-order valence-corrected chi connectivity index (χ1v) is 5.28. The number of aromatic nitrogens is 1. The van der Waals surface area contributed by atoms with Crippen LogP contribution >= 0.6 is 0 Å². The van der Waals surface area contributed by atoms with Gasteiger partial charge in [-0.25, -0.2) is 4.98 Å². The Bertz CT molecular complexity index is 277. The first-order valence-electron chi connectivity index (χ1n) is 5.28. The van der Waals surface area contributed by atoms with Crippen molar-refractivity contribution < 1.29 is 9.15 Å². The molecule has 1 heterocycles. The van der Waals surface area contributed by atoms with E-state index in [1.165, 1.54) is 0 Å². The second-order valence-corrected chi connectivity index (χ2v) is 3.81. The normalized spacial score (nSPS) is 13.1. The fourth-order valence-corrected chi connectivity index (χ4v) is 1.27. The molecule has 0 radical (unpaired) electrons. The molecule has 0 bridgehead atoms. The fraction of sp³-hybridized carbons (Fsp3) is 0.727. The number of ether oxygens (including phenoxy) is 1. The summed E-state index contributed by atoms with van der Waals surface area (Å²) in [5, 5.41) is 3.34. The highest BCUT2D eigenvalue weighted by Gasteiger charge is 2.07. The number of rotatable bonds is 6. The lowest BCUT2D eigenvalue weighted by atomic mass is 10.2. The van der Waals surface area contributed by atoms with E-state index in [2.05, 4.69) is 17.2 Å². The Morgan fingerprint density at radius 3 is 2.73 bits per heavy atom. The number of oxazole rings is 1. The maximum absolute atomic E-state index is 5.46. The standard InChI is InChI=1S/C11H20N2O2/c1-8(5-6-14-4)12-7-11-13-9(2)10(3)15-11/h8,12H,5-7H2,1-4H3. The average Bonchev–Trinajstić information content (AvgIpc) is 2.52. The number of nitrogens with one attached hydrogen (secondary N) is 1. The van der Waals surface area contributed by atoms with Crippen molar-refractivity contribution in [1.82, 2.24) is 10.3 Å². The molecule has 0 amide bonds. The van der Waals surface area contributed by atoms with Crippen LogP contribution in [0.3, 0.4) is 0 Å². The van der Waals surface area contributed by atoms with Gasteiger partial charge in [0.15, 0.2) is 0 Å². The predicted octanol–water partition coefficient (Wildman–Crippen LogP) is 1.81. The van der Waals surface area contributed by atoms with Crippen LogP contribution in [0.15, 0.2) is 4.42 Å². The van der Waals surface area contributed by atoms with Crippen molar-refractivity contribution in [1.29, 1.82) is 0 Å². The second kappa shape index (κ2) is 5.88. The van der Waals surface area contributed by atoms with Crippen molar-refractivity contribution in [3.63, 3.8) is 0 Å². The predicted molar refractivity (Wildman–Crippen MR) is 58.8 cm³/mol. The summed E-state index contributed by atoms with van der Waals surface area (Å²) in [5.74, 6) is 1.66. The van der Waals surface area contributed by atoms with Crippen LogP contribution in [0.4, 0.5) is 0 Å². The van der Waals surface area contributed by atoms with Crippen molar-refractivity contribution in [3.05, 3.63) is 17.3 Å². The minimum atomic E-state index is 0.414. The highest BCUT2D eigenvalue weighted by Crippen LogP contribution is 2.08. The summed E-state index contributed by atoms with van der Waals surface area (Å²) in [7, 11) is 1.72. The maximum Gasteiger partial charge on any atom is 0.208 e. The van der Waals surface area contributed by atoms with Crippen LogP contribution in [0.1, 0.15) is 30.7 Å². The van der Waals surface area contributed by atoms with E-state index in [9.17, 15) is 0 Å². The third kappa shape index (κ3) is 4.01. The summed E-state index contributed by atoms with van der Waals surface area (Å²) in [6.07, 6.45) is 0.995. The lowest BCUT2D eigenvalue weighted by Gasteiger charge is -2.11. The first kappa shape index (κ1) is 12.2. The molecule has 0 aromatic carbocycles. The second-order valence-electron chi connectivity index (χ2n) is 3.81. The van der Waals surface area contributed by atoms with E-state index < -0.39 is 0 Å². The number of methoxy groups -OCH3 is 1. The molecule has 1 aromatic rings. The summed E-state index contributed by atoms with van der Waals surface area (Å²) in [4.78, 5) is 4.30. The summed E-state index contributed by atoms with van der Waals surface area (Å²) < 4.78 is 10.5.